The van der Waals surface area contributed by atoms with Crippen LogP contribution in [0.5, 0.6) is 5.75 Å². The Balaban J connectivity index is 1.66. The zero-order valence-corrected chi connectivity index (χ0v) is 14.1. The molecule has 0 spiro atoms. The van der Waals surface area contributed by atoms with Crippen LogP contribution in [0.2, 0.25) is 0 Å². The molecule has 2 N–H and O–H groups in total. The number of aromatic nitrogens is 2. The number of nitrogens with one attached hydrogen (secondary N) is 2. The predicted molar refractivity (Wildman–Crippen MR) is 96.7 cm³/mol. The second-order valence-electron chi connectivity index (χ2n) is 5.38. The molecule has 26 heavy (non-hydrogen) atoms. The molecule has 0 aliphatic carbocycles. The maximum absolute atomic E-state index is 12.8. The monoisotopic (exact) mass is 352 g/mol. The van der Waals surface area contributed by atoms with Gasteiger partial charge in [-0.3, -0.25) is 9.89 Å². The number of ether oxygens (including phenoxy) is 1. The van der Waals surface area contributed by atoms with Crippen molar-refractivity contribution in [2.24, 2.45) is 5.10 Å². The molecular formula is C19H17FN4O2. The first-order chi connectivity index (χ1) is 12.7. The third kappa shape index (κ3) is 4.32. The Morgan fingerprint density at radius 3 is 2.85 bits per heavy atom. The summed E-state index contributed by atoms with van der Waals surface area (Å²) in [5.41, 5.74) is 4.80. The molecule has 0 fully saturated rings. The normalized spacial score (nSPS) is 10.8. The Kier molecular flexibility index (Phi) is 5.38. The van der Waals surface area contributed by atoms with Gasteiger partial charge in [-0.1, -0.05) is 24.3 Å². The van der Waals surface area contributed by atoms with Crippen LogP contribution < -0.4 is 10.2 Å². The highest BCUT2D eigenvalue weighted by Crippen LogP contribution is 2.22. The quantitative estimate of drug-likeness (QED) is 0.527. The molecule has 0 bridgehead atoms. The lowest BCUT2D eigenvalue weighted by atomic mass is 10.1. The molecule has 3 rings (SSSR count). The van der Waals surface area contributed by atoms with Crippen molar-refractivity contribution in [3.63, 3.8) is 0 Å². The Bertz CT molecular complexity index is 919. The van der Waals surface area contributed by atoms with Gasteiger partial charge in [-0.15, -0.1) is 0 Å². The lowest BCUT2D eigenvalue weighted by molar-refractivity contribution is 0.0950. The predicted octanol–water partition coefficient (Wildman–Crippen LogP) is 3.38. The van der Waals surface area contributed by atoms with Gasteiger partial charge in [0.05, 0.1) is 18.5 Å². The molecule has 3 aromatic rings. The van der Waals surface area contributed by atoms with Crippen molar-refractivity contribution in [2.75, 3.05) is 6.61 Å². The summed E-state index contributed by atoms with van der Waals surface area (Å²) in [6.07, 6.45) is 1.43. The van der Waals surface area contributed by atoms with Gasteiger partial charge in [-0.2, -0.15) is 10.2 Å². The summed E-state index contributed by atoms with van der Waals surface area (Å²) in [6, 6.07) is 14.9. The van der Waals surface area contributed by atoms with Crippen molar-refractivity contribution in [2.45, 2.75) is 6.92 Å². The summed E-state index contributed by atoms with van der Waals surface area (Å²) in [5, 5.41) is 10.7. The van der Waals surface area contributed by atoms with Crippen molar-refractivity contribution in [3.05, 3.63) is 71.7 Å². The summed E-state index contributed by atoms with van der Waals surface area (Å²) in [7, 11) is 0. The summed E-state index contributed by atoms with van der Waals surface area (Å²) >= 11 is 0. The molecule has 132 valence electrons. The number of benzene rings is 2. The van der Waals surface area contributed by atoms with Crippen LogP contribution in [0.25, 0.3) is 11.3 Å². The van der Waals surface area contributed by atoms with Gasteiger partial charge in [0.25, 0.3) is 5.91 Å². The van der Waals surface area contributed by atoms with Crippen molar-refractivity contribution >= 4 is 12.1 Å². The standard InChI is InChI=1S/C19H17FN4O2/c1-2-26-16-5-3-4-14(10-16)17-11-18(23-22-17)19(25)24-21-12-13-6-8-15(20)9-7-13/h3-12H,2H2,1H3,(H,22,23)(H,24,25)/b21-12-. The highest BCUT2D eigenvalue weighted by molar-refractivity contribution is 5.94. The van der Waals surface area contributed by atoms with Crippen LogP contribution in [0.4, 0.5) is 4.39 Å². The Hall–Kier alpha value is -3.48. The number of carbonyl (C=O) groups is 1. The van der Waals surface area contributed by atoms with Crippen molar-refractivity contribution < 1.29 is 13.9 Å². The zero-order valence-electron chi connectivity index (χ0n) is 14.1. The van der Waals surface area contributed by atoms with E-state index >= 15 is 0 Å². The van der Waals surface area contributed by atoms with Crippen molar-refractivity contribution in [1.82, 2.24) is 15.6 Å². The van der Waals surface area contributed by atoms with Gasteiger partial charge in [0.2, 0.25) is 0 Å². The number of hydrazone groups is 1. The van der Waals surface area contributed by atoms with E-state index in [2.05, 4.69) is 20.7 Å². The summed E-state index contributed by atoms with van der Waals surface area (Å²) < 4.78 is 18.3. The van der Waals surface area contributed by atoms with E-state index < -0.39 is 5.91 Å². The van der Waals surface area contributed by atoms with E-state index in [1.54, 1.807) is 18.2 Å². The molecule has 0 aliphatic rings. The SMILES string of the molecule is CCOc1cccc(-c2cc(C(=O)N/N=C\c3ccc(F)cc3)[nH]n2)c1. The van der Waals surface area contributed by atoms with Crippen LogP contribution in [0.15, 0.2) is 59.7 Å². The minimum Gasteiger partial charge on any atom is -0.494 e. The van der Waals surface area contributed by atoms with E-state index in [4.69, 9.17) is 4.74 Å². The van der Waals surface area contributed by atoms with Gasteiger partial charge in [0.15, 0.2) is 0 Å². The van der Waals surface area contributed by atoms with Gasteiger partial charge in [-0.05, 0) is 42.8 Å². The largest absolute Gasteiger partial charge is 0.494 e. The first-order valence-corrected chi connectivity index (χ1v) is 8.03. The van der Waals surface area contributed by atoms with Gasteiger partial charge in [0.1, 0.15) is 17.3 Å². The molecule has 1 aromatic heterocycles. The molecule has 0 saturated heterocycles. The fourth-order valence-electron chi connectivity index (χ4n) is 2.27. The molecule has 7 heteroatoms. The molecule has 6 nitrogen and oxygen atoms in total. The molecule has 2 aromatic carbocycles. The molecule has 0 saturated carbocycles. The van der Waals surface area contributed by atoms with Crippen LogP contribution >= 0.6 is 0 Å². The van der Waals surface area contributed by atoms with Crippen LogP contribution in [-0.4, -0.2) is 28.9 Å². The summed E-state index contributed by atoms with van der Waals surface area (Å²) in [5.74, 6) is -0.0180. The number of hydrogen-bond acceptors (Lipinski definition) is 4. The average Bonchev–Trinajstić information content (AvgIpc) is 3.14. The summed E-state index contributed by atoms with van der Waals surface area (Å²) in [6.45, 7) is 2.49. The maximum Gasteiger partial charge on any atom is 0.289 e. The Morgan fingerprint density at radius 2 is 2.08 bits per heavy atom. The zero-order chi connectivity index (χ0) is 18.4. The number of aromatic amines is 1. The van der Waals surface area contributed by atoms with Crippen molar-refractivity contribution in [1.29, 1.82) is 0 Å². The van der Waals surface area contributed by atoms with Gasteiger partial charge < -0.3 is 4.74 Å². The van der Waals surface area contributed by atoms with E-state index in [9.17, 15) is 9.18 Å². The number of halogens is 1. The van der Waals surface area contributed by atoms with Crippen LogP contribution in [0, 0.1) is 5.82 Å². The average molecular weight is 352 g/mol. The lowest BCUT2D eigenvalue weighted by Gasteiger charge is -2.03. The molecule has 1 amide bonds. The molecule has 0 atom stereocenters. The highest BCUT2D eigenvalue weighted by Gasteiger charge is 2.11. The Labute approximate surface area is 149 Å². The van der Waals surface area contributed by atoms with E-state index in [1.165, 1.54) is 18.3 Å². The first kappa shape index (κ1) is 17.3. The fraction of sp³-hybridized carbons (Fsp3) is 0.105. The molecule has 0 unspecified atom stereocenters. The number of H-pyrrole nitrogens is 1. The Morgan fingerprint density at radius 1 is 1.27 bits per heavy atom. The van der Waals surface area contributed by atoms with Crippen LogP contribution in [0.3, 0.4) is 0 Å². The third-order valence-electron chi connectivity index (χ3n) is 3.51. The molecule has 0 aliphatic heterocycles. The topological polar surface area (TPSA) is 79.4 Å². The van der Waals surface area contributed by atoms with E-state index in [1.807, 2.05) is 31.2 Å². The van der Waals surface area contributed by atoms with E-state index in [-0.39, 0.29) is 11.5 Å². The number of carbonyl (C=O) groups excluding carboxylic acids is 1. The molecule has 0 radical (unpaired) electrons. The molecule has 1 heterocycles. The molecular weight excluding hydrogens is 335 g/mol. The minimum atomic E-state index is -0.428. The second kappa shape index (κ2) is 8.06. The number of nitrogens with zero attached hydrogens (tertiary/aromatic N) is 2. The smallest absolute Gasteiger partial charge is 0.289 e. The van der Waals surface area contributed by atoms with Crippen LogP contribution in [0.1, 0.15) is 23.0 Å². The van der Waals surface area contributed by atoms with Gasteiger partial charge in [0, 0.05) is 5.56 Å². The number of hydrogen-bond donors (Lipinski definition) is 2. The summed E-state index contributed by atoms with van der Waals surface area (Å²) in [4.78, 5) is 12.1. The minimum absolute atomic E-state index is 0.276. The van der Waals surface area contributed by atoms with Crippen molar-refractivity contribution in [3.8, 4) is 17.0 Å². The van der Waals surface area contributed by atoms with E-state index in [0.29, 0.717) is 17.9 Å². The number of rotatable bonds is 6. The van der Waals surface area contributed by atoms with Crippen LogP contribution in [-0.2, 0) is 0 Å². The van der Waals surface area contributed by atoms with Gasteiger partial charge in [-0.25, -0.2) is 9.82 Å². The highest BCUT2D eigenvalue weighted by atomic mass is 19.1. The third-order valence-corrected chi connectivity index (χ3v) is 3.51. The number of amides is 1. The van der Waals surface area contributed by atoms with E-state index in [0.717, 1.165) is 11.3 Å². The maximum atomic E-state index is 12.8. The van der Waals surface area contributed by atoms with Gasteiger partial charge >= 0.3 is 0 Å². The first-order valence-electron chi connectivity index (χ1n) is 8.03. The fourth-order valence-corrected chi connectivity index (χ4v) is 2.27. The lowest BCUT2D eigenvalue weighted by Crippen LogP contribution is -2.17. The second-order valence-corrected chi connectivity index (χ2v) is 5.38.